The lowest BCUT2D eigenvalue weighted by Crippen LogP contribution is -2.34. The van der Waals surface area contributed by atoms with E-state index < -0.39 is 21.9 Å². The van der Waals surface area contributed by atoms with Gasteiger partial charge in [-0.1, -0.05) is 36.4 Å². The minimum Gasteiger partial charge on any atom is -0.481 e. The predicted octanol–water partition coefficient (Wildman–Crippen LogP) is 3.83. The number of aliphatic carboxylic acids is 1. The maximum Gasteiger partial charge on any atom is 0.304 e. The Bertz CT molecular complexity index is 1490. The Morgan fingerprint density at radius 3 is 2.49 bits per heavy atom. The minimum atomic E-state index is -3.74. The molecule has 9 nitrogen and oxygen atoms in total. The van der Waals surface area contributed by atoms with Crippen LogP contribution in [0.5, 0.6) is 0 Å². The molecule has 1 aliphatic rings. The zero-order valence-corrected chi connectivity index (χ0v) is 23.7. The second kappa shape index (κ2) is 11.3. The number of carbonyl (C=O) groups is 1. The van der Waals surface area contributed by atoms with Crippen LogP contribution in [0.15, 0.2) is 59.5 Å². The van der Waals surface area contributed by atoms with Crippen molar-refractivity contribution in [1.82, 2.24) is 4.31 Å². The summed E-state index contributed by atoms with van der Waals surface area (Å²) in [7, 11) is -2.05. The number of para-hydroxylation sites is 1. The van der Waals surface area contributed by atoms with Gasteiger partial charge in [-0.2, -0.15) is 4.31 Å². The lowest BCUT2D eigenvalue weighted by Gasteiger charge is -2.25. The first-order valence-electron chi connectivity index (χ1n) is 13.0. The van der Waals surface area contributed by atoms with Crippen LogP contribution in [0, 0.1) is 13.8 Å². The number of fused-ring (bicyclic) bond motifs is 1. The molecule has 0 radical (unpaired) electrons. The zero-order valence-electron chi connectivity index (χ0n) is 22.9. The molecule has 0 bridgehead atoms. The van der Waals surface area contributed by atoms with Gasteiger partial charge in [0.05, 0.1) is 23.5 Å². The Kier molecular flexibility index (Phi) is 8.20. The van der Waals surface area contributed by atoms with Crippen LogP contribution >= 0.6 is 0 Å². The number of anilines is 3. The SMILES string of the molecule is CCN1CCN(Cc2cc(C(CC(=O)O)c3ccc(N(C)N)c(N)c3C)ccc2C)S(=O)(=O)c2ccccc21. The van der Waals surface area contributed by atoms with Gasteiger partial charge in [-0.25, -0.2) is 14.3 Å². The van der Waals surface area contributed by atoms with E-state index in [1.807, 2.05) is 57.2 Å². The summed E-state index contributed by atoms with van der Waals surface area (Å²) in [5.41, 5.74) is 12.4. The first-order chi connectivity index (χ1) is 18.4. The normalized spacial score (nSPS) is 15.9. The van der Waals surface area contributed by atoms with Crippen molar-refractivity contribution in [3.05, 3.63) is 82.4 Å². The van der Waals surface area contributed by atoms with Crippen molar-refractivity contribution in [2.45, 2.75) is 44.6 Å². The second-order valence-corrected chi connectivity index (χ2v) is 12.0. The predicted molar refractivity (Wildman–Crippen MR) is 155 cm³/mol. The molecule has 208 valence electrons. The van der Waals surface area contributed by atoms with E-state index in [1.54, 1.807) is 25.2 Å². The Morgan fingerprint density at radius 2 is 1.82 bits per heavy atom. The van der Waals surface area contributed by atoms with E-state index in [0.717, 1.165) is 27.8 Å². The molecular weight excluding hydrogens is 514 g/mol. The highest BCUT2D eigenvalue weighted by molar-refractivity contribution is 7.89. The number of carboxylic acid groups (broad SMARTS) is 1. The lowest BCUT2D eigenvalue weighted by molar-refractivity contribution is -0.137. The average molecular weight is 552 g/mol. The number of benzene rings is 3. The van der Waals surface area contributed by atoms with E-state index in [0.29, 0.717) is 41.6 Å². The number of hydrazine groups is 1. The summed E-state index contributed by atoms with van der Waals surface area (Å²) in [6, 6.07) is 16.6. The molecular formula is C29H37N5O4S. The number of nitrogens with zero attached hydrogens (tertiary/aromatic N) is 3. The number of nitrogens with two attached hydrogens (primary N) is 2. The van der Waals surface area contributed by atoms with Crippen LogP contribution < -0.4 is 21.5 Å². The van der Waals surface area contributed by atoms with Gasteiger partial charge in [0, 0.05) is 39.1 Å². The standard InChI is InChI=1S/C29H37N5O4S/c1-5-33-14-15-34(39(37,38)27-9-7-6-8-25(27)33)18-22-16-21(11-10-19(22)2)24(17-28(35)36)23-12-13-26(32(4)31)29(30)20(23)3/h6-13,16,24H,5,14-15,17-18,30-31H2,1-4H3,(H,35,36). The number of hydrogen-bond acceptors (Lipinski definition) is 7. The fourth-order valence-corrected chi connectivity index (χ4v) is 6.93. The van der Waals surface area contributed by atoms with E-state index in [1.165, 1.54) is 9.31 Å². The van der Waals surface area contributed by atoms with Crippen molar-refractivity contribution in [3.63, 3.8) is 0 Å². The number of likely N-dealkylation sites (N-methyl/N-ethyl adjacent to an activating group) is 1. The van der Waals surface area contributed by atoms with E-state index in [4.69, 9.17) is 11.6 Å². The summed E-state index contributed by atoms with van der Waals surface area (Å²) in [6.07, 6.45) is -0.137. The molecule has 1 unspecified atom stereocenters. The zero-order chi connectivity index (χ0) is 28.5. The van der Waals surface area contributed by atoms with Gasteiger partial charge in [0.2, 0.25) is 10.0 Å². The molecule has 0 aliphatic carbocycles. The van der Waals surface area contributed by atoms with E-state index in [-0.39, 0.29) is 13.0 Å². The number of rotatable bonds is 8. The number of carboxylic acids is 1. The van der Waals surface area contributed by atoms with Gasteiger partial charge in [-0.15, -0.1) is 0 Å². The molecule has 39 heavy (non-hydrogen) atoms. The van der Waals surface area contributed by atoms with Gasteiger partial charge < -0.3 is 20.7 Å². The highest BCUT2D eigenvalue weighted by atomic mass is 32.2. The van der Waals surface area contributed by atoms with Crippen LogP contribution in [0.25, 0.3) is 0 Å². The molecule has 0 saturated carbocycles. The third-order valence-electron chi connectivity index (χ3n) is 7.61. The van der Waals surface area contributed by atoms with E-state index in [9.17, 15) is 18.3 Å². The van der Waals surface area contributed by atoms with Gasteiger partial charge in [0.15, 0.2) is 0 Å². The monoisotopic (exact) mass is 551 g/mol. The summed E-state index contributed by atoms with van der Waals surface area (Å²) in [5, 5.41) is 11.2. The number of nitrogen functional groups attached to an aromatic ring is 1. The number of hydrogen-bond donors (Lipinski definition) is 3. The fourth-order valence-electron chi connectivity index (χ4n) is 5.31. The van der Waals surface area contributed by atoms with Gasteiger partial charge in [-0.3, -0.25) is 4.79 Å². The second-order valence-electron chi connectivity index (χ2n) is 10.0. The highest BCUT2D eigenvalue weighted by Gasteiger charge is 2.32. The molecule has 10 heteroatoms. The molecule has 0 fully saturated rings. The highest BCUT2D eigenvalue weighted by Crippen LogP contribution is 2.37. The average Bonchev–Trinajstić information content (AvgIpc) is 2.99. The van der Waals surface area contributed by atoms with Crippen molar-refractivity contribution in [1.29, 1.82) is 0 Å². The third-order valence-corrected chi connectivity index (χ3v) is 9.51. The largest absolute Gasteiger partial charge is 0.481 e. The molecule has 1 heterocycles. The summed E-state index contributed by atoms with van der Waals surface area (Å²) in [5.74, 6) is 4.50. The topological polar surface area (TPSA) is 133 Å². The van der Waals surface area contributed by atoms with Gasteiger partial charge >= 0.3 is 5.97 Å². The van der Waals surface area contributed by atoms with Crippen molar-refractivity contribution in [2.75, 3.05) is 42.3 Å². The van der Waals surface area contributed by atoms with Gasteiger partial charge in [0.25, 0.3) is 0 Å². The maximum atomic E-state index is 13.7. The molecule has 3 aromatic rings. The van der Waals surface area contributed by atoms with Crippen LogP contribution in [-0.2, 0) is 21.4 Å². The Balaban J connectivity index is 1.75. The molecule has 5 N–H and O–H groups in total. The molecule has 0 aromatic heterocycles. The minimum absolute atomic E-state index is 0.137. The van der Waals surface area contributed by atoms with E-state index in [2.05, 4.69) is 4.90 Å². The van der Waals surface area contributed by atoms with Crippen LogP contribution in [0.4, 0.5) is 17.1 Å². The van der Waals surface area contributed by atoms with Crippen molar-refractivity contribution in [3.8, 4) is 0 Å². The Morgan fingerprint density at radius 1 is 1.10 bits per heavy atom. The first-order valence-corrected chi connectivity index (χ1v) is 14.4. The molecule has 4 rings (SSSR count). The fraction of sp³-hybridized carbons (Fsp3) is 0.345. The summed E-state index contributed by atoms with van der Waals surface area (Å²) in [6.45, 7) is 7.63. The van der Waals surface area contributed by atoms with Crippen LogP contribution in [-0.4, -0.2) is 50.5 Å². The summed E-state index contributed by atoms with van der Waals surface area (Å²) in [4.78, 5) is 14.3. The molecule has 3 aromatic carbocycles. The number of sulfonamides is 1. The first kappa shape index (κ1) is 28.4. The Labute approximate surface area is 230 Å². The maximum absolute atomic E-state index is 13.7. The van der Waals surface area contributed by atoms with Crippen molar-refractivity contribution < 1.29 is 18.3 Å². The summed E-state index contributed by atoms with van der Waals surface area (Å²) < 4.78 is 29.0. The molecule has 0 saturated heterocycles. The van der Waals surface area contributed by atoms with Gasteiger partial charge in [-0.05, 0) is 66.8 Å². The van der Waals surface area contributed by atoms with E-state index >= 15 is 0 Å². The Hall–Kier alpha value is -3.60. The van der Waals surface area contributed by atoms with Gasteiger partial charge in [0.1, 0.15) is 4.90 Å². The van der Waals surface area contributed by atoms with Crippen LogP contribution in [0.2, 0.25) is 0 Å². The third kappa shape index (κ3) is 5.59. The summed E-state index contributed by atoms with van der Waals surface area (Å²) >= 11 is 0. The smallest absolute Gasteiger partial charge is 0.304 e. The lowest BCUT2D eigenvalue weighted by atomic mass is 9.84. The quantitative estimate of drug-likeness (QED) is 0.219. The molecule has 0 amide bonds. The van der Waals surface area contributed by atoms with Crippen molar-refractivity contribution in [2.24, 2.45) is 5.84 Å². The van der Waals surface area contributed by atoms with Crippen molar-refractivity contribution >= 4 is 33.1 Å². The van der Waals surface area contributed by atoms with Crippen LogP contribution in [0.3, 0.4) is 0 Å². The number of aryl methyl sites for hydroxylation is 1. The molecule has 1 aliphatic heterocycles. The van der Waals surface area contributed by atoms with Crippen LogP contribution in [0.1, 0.15) is 47.1 Å². The molecule has 0 spiro atoms. The molecule has 1 atom stereocenters.